The van der Waals surface area contributed by atoms with E-state index in [0.29, 0.717) is 5.75 Å². The van der Waals surface area contributed by atoms with Crippen molar-refractivity contribution in [1.82, 2.24) is 4.90 Å². The first kappa shape index (κ1) is 16.3. The molecule has 0 unspecified atom stereocenters. The zero-order valence-electron chi connectivity index (χ0n) is 14.4. The van der Waals surface area contributed by atoms with Gasteiger partial charge in [-0.2, -0.15) is 0 Å². The van der Waals surface area contributed by atoms with Crippen LogP contribution in [0.3, 0.4) is 0 Å². The van der Waals surface area contributed by atoms with Gasteiger partial charge < -0.3 is 14.7 Å². The molecule has 3 aromatic carbocycles. The summed E-state index contributed by atoms with van der Waals surface area (Å²) in [6.45, 7) is 0.986. The molecule has 24 heavy (non-hydrogen) atoms. The van der Waals surface area contributed by atoms with Crippen LogP contribution in [0.25, 0.3) is 21.9 Å². The number of phenolic OH excluding ortho intramolecular Hbond substituents is 1. The molecule has 0 spiro atoms. The number of ether oxygens (including phenoxy) is 1. The number of hydrogen-bond acceptors (Lipinski definition) is 3. The molecular weight excluding hydrogens is 298 g/mol. The lowest BCUT2D eigenvalue weighted by atomic mass is 9.96. The molecule has 0 bridgehead atoms. The molecule has 0 aliphatic heterocycles. The molecule has 1 N–H and O–H groups in total. The van der Waals surface area contributed by atoms with E-state index in [0.717, 1.165) is 40.6 Å². The molecule has 0 radical (unpaired) electrons. The van der Waals surface area contributed by atoms with Crippen molar-refractivity contribution in [3.63, 3.8) is 0 Å². The Bertz CT molecular complexity index is 838. The summed E-state index contributed by atoms with van der Waals surface area (Å²) in [6.07, 6.45) is 0.964. The molecule has 3 rings (SSSR count). The maximum Gasteiger partial charge on any atom is 0.131 e. The normalized spacial score (nSPS) is 11.2. The zero-order chi connectivity index (χ0) is 17.1. The minimum absolute atomic E-state index is 0.337. The van der Waals surface area contributed by atoms with E-state index < -0.39 is 0 Å². The van der Waals surface area contributed by atoms with Crippen LogP contribution >= 0.6 is 0 Å². The third-order valence-corrected chi connectivity index (χ3v) is 4.35. The zero-order valence-corrected chi connectivity index (χ0v) is 14.4. The minimum atomic E-state index is 0.337. The highest BCUT2D eigenvalue weighted by atomic mass is 16.5. The van der Waals surface area contributed by atoms with E-state index in [-0.39, 0.29) is 0 Å². The predicted octanol–water partition coefficient (Wildman–Crippen LogP) is 4.33. The van der Waals surface area contributed by atoms with E-state index in [2.05, 4.69) is 31.1 Å². The third-order valence-electron chi connectivity index (χ3n) is 4.35. The molecule has 0 fully saturated rings. The summed E-state index contributed by atoms with van der Waals surface area (Å²) in [6, 6.07) is 18.0. The second kappa shape index (κ2) is 6.93. The molecule has 3 nitrogen and oxygen atoms in total. The summed E-state index contributed by atoms with van der Waals surface area (Å²) >= 11 is 0. The summed E-state index contributed by atoms with van der Waals surface area (Å²) in [5.41, 5.74) is 3.08. The molecule has 0 heterocycles. The number of benzene rings is 3. The molecule has 0 aromatic heterocycles. The van der Waals surface area contributed by atoms with Crippen LogP contribution in [0.1, 0.15) is 5.56 Å². The summed E-state index contributed by atoms with van der Waals surface area (Å²) < 4.78 is 5.20. The van der Waals surface area contributed by atoms with Gasteiger partial charge in [-0.25, -0.2) is 0 Å². The van der Waals surface area contributed by atoms with Crippen LogP contribution in [0.4, 0.5) is 0 Å². The van der Waals surface area contributed by atoms with E-state index in [1.165, 1.54) is 5.56 Å². The van der Waals surface area contributed by atoms with Gasteiger partial charge in [0, 0.05) is 17.5 Å². The molecule has 0 saturated heterocycles. The van der Waals surface area contributed by atoms with Gasteiger partial charge in [-0.05, 0) is 49.2 Å². The van der Waals surface area contributed by atoms with Crippen LogP contribution in [0.5, 0.6) is 11.5 Å². The van der Waals surface area contributed by atoms with Crippen molar-refractivity contribution in [2.45, 2.75) is 6.42 Å². The summed E-state index contributed by atoms with van der Waals surface area (Å²) in [5, 5.41) is 12.8. The van der Waals surface area contributed by atoms with Crippen molar-refractivity contribution in [3.05, 3.63) is 60.2 Å². The van der Waals surface area contributed by atoms with Crippen molar-refractivity contribution in [2.75, 3.05) is 27.7 Å². The first-order valence-electron chi connectivity index (χ1n) is 8.13. The Morgan fingerprint density at radius 3 is 2.33 bits per heavy atom. The van der Waals surface area contributed by atoms with Gasteiger partial charge in [-0.3, -0.25) is 0 Å². The van der Waals surface area contributed by atoms with Gasteiger partial charge in [0.15, 0.2) is 0 Å². The number of fused-ring (bicyclic) bond motifs is 1. The number of aromatic hydroxyl groups is 1. The second-order valence-electron chi connectivity index (χ2n) is 6.26. The molecular formula is C21H23NO2. The minimum Gasteiger partial charge on any atom is -0.507 e. The van der Waals surface area contributed by atoms with Gasteiger partial charge in [0.2, 0.25) is 0 Å². The van der Waals surface area contributed by atoms with Crippen LogP contribution in [-0.2, 0) is 6.42 Å². The lowest BCUT2D eigenvalue weighted by molar-refractivity contribution is 0.414. The second-order valence-corrected chi connectivity index (χ2v) is 6.26. The molecule has 0 saturated carbocycles. The Balaban J connectivity index is 2.04. The monoisotopic (exact) mass is 321 g/mol. The highest BCUT2D eigenvalue weighted by Crippen LogP contribution is 2.37. The van der Waals surface area contributed by atoms with Gasteiger partial charge in [-0.15, -0.1) is 0 Å². The van der Waals surface area contributed by atoms with Crippen LogP contribution in [0, 0.1) is 0 Å². The van der Waals surface area contributed by atoms with Crippen molar-refractivity contribution in [2.24, 2.45) is 0 Å². The lowest BCUT2D eigenvalue weighted by Crippen LogP contribution is -2.15. The summed E-state index contributed by atoms with van der Waals surface area (Å²) in [7, 11) is 5.80. The van der Waals surface area contributed by atoms with Crippen LogP contribution < -0.4 is 4.74 Å². The molecule has 0 aliphatic rings. The van der Waals surface area contributed by atoms with Crippen molar-refractivity contribution < 1.29 is 9.84 Å². The van der Waals surface area contributed by atoms with Gasteiger partial charge in [0.25, 0.3) is 0 Å². The number of rotatable bonds is 5. The smallest absolute Gasteiger partial charge is 0.131 e. The Labute approximate surface area is 143 Å². The summed E-state index contributed by atoms with van der Waals surface area (Å²) in [5.74, 6) is 1.15. The maximum absolute atomic E-state index is 10.8. The molecule has 3 aromatic rings. The quantitative estimate of drug-likeness (QED) is 0.759. The SMILES string of the molecule is COc1ccc(-c2ccc3c(CCN(C)C)cccc3c2O)cc1. The largest absolute Gasteiger partial charge is 0.507 e. The third kappa shape index (κ3) is 3.22. The van der Waals surface area contributed by atoms with Gasteiger partial charge in [-0.1, -0.05) is 42.5 Å². The molecule has 124 valence electrons. The van der Waals surface area contributed by atoms with Gasteiger partial charge in [0.1, 0.15) is 11.5 Å². The average Bonchev–Trinajstić information content (AvgIpc) is 2.60. The standard InChI is InChI=1S/C21H23NO2/c1-22(2)14-13-15-5-4-6-20-18(15)11-12-19(21(20)23)16-7-9-17(24-3)10-8-16/h4-12,23H,13-14H2,1-3H3. The Hall–Kier alpha value is -2.52. The highest BCUT2D eigenvalue weighted by molar-refractivity contribution is 5.96. The Morgan fingerprint density at radius 1 is 0.917 bits per heavy atom. The average molecular weight is 321 g/mol. The van der Waals surface area contributed by atoms with E-state index in [9.17, 15) is 5.11 Å². The van der Waals surface area contributed by atoms with Crippen LogP contribution in [-0.4, -0.2) is 37.8 Å². The fourth-order valence-electron chi connectivity index (χ4n) is 2.97. The van der Waals surface area contributed by atoms with Crippen LogP contribution in [0.2, 0.25) is 0 Å². The molecule has 0 amide bonds. The van der Waals surface area contributed by atoms with Crippen molar-refractivity contribution in [3.8, 4) is 22.6 Å². The topological polar surface area (TPSA) is 32.7 Å². The maximum atomic E-state index is 10.8. The van der Waals surface area contributed by atoms with Gasteiger partial charge >= 0.3 is 0 Å². The first-order chi connectivity index (χ1) is 11.6. The Morgan fingerprint density at radius 2 is 1.67 bits per heavy atom. The fraction of sp³-hybridized carbons (Fsp3) is 0.238. The number of likely N-dealkylation sites (N-methyl/N-ethyl adjacent to an activating group) is 1. The Kier molecular flexibility index (Phi) is 4.72. The van der Waals surface area contributed by atoms with E-state index in [1.54, 1.807) is 7.11 Å². The van der Waals surface area contributed by atoms with E-state index in [1.807, 2.05) is 42.5 Å². The molecule has 0 aliphatic carbocycles. The number of nitrogens with zero attached hydrogens (tertiary/aromatic N) is 1. The van der Waals surface area contributed by atoms with Crippen molar-refractivity contribution in [1.29, 1.82) is 0 Å². The molecule has 0 atom stereocenters. The van der Waals surface area contributed by atoms with Gasteiger partial charge in [0.05, 0.1) is 7.11 Å². The van der Waals surface area contributed by atoms with Crippen LogP contribution in [0.15, 0.2) is 54.6 Å². The predicted molar refractivity (Wildman–Crippen MR) is 99.9 cm³/mol. The number of methoxy groups -OCH3 is 1. The fourth-order valence-corrected chi connectivity index (χ4v) is 2.97. The van der Waals surface area contributed by atoms with Crippen molar-refractivity contribution >= 4 is 10.8 Å². The highest BCUT2D eigenvalue weighted by Gasteiger charge is 2.11. The summed E-state index contributed by atoms with van der Waals surface area (Å²) in [4.78, 5) is 2.17. The first-order valence-corrected chi connectivity index (χ1v) is 8.13. The lowest BCUT2D eigenvalue weighted by Gasteiger charge is -2.14. The van der Waals surface area contributed by atoms with E-state index >= 15 is 0 Å². The number of phenols is 1. The molecule has 3 heteroatoms. The number of hydrogen-bond donors (Lipinski definition) is 1. The van der Waals surface area contributed by atoms with E-state index in [4.69, 9.17) is 4.74 Å².